The second-order valence-corrected chi connectivity index (χ2v) is 4.31. The van der Waals surface area contributed by atoms with Gasteiger partial charge in [0, 0.05) is 23.0 Å². The van der Waals surface area contributed by atoms with E-state index < -0.39 is 5.82 Å². The Bertz CT molecular complexity index is 798. The Morgan fingerprint density at radius 3 is 2.41 bits per heavy atom. The lowest BCUT2D eigenvalue weighted by atomic mass is 10.0. The van der Waals surface area contributed by atoms with Crippen LogP contribution in [0, 0.1) is 28.5 Å². The van der Waals surface area contributed by atoms with Gasteiger partial charge in [0.2, 0.25) is 0 Å². The molecule has 0 fully saturated rings. The molecule has 106 valence electrons. The van der Waals surface area contributed by atoms with Crippen LogP contribution in [0.2, 0.25) is 0 Å². The molecule has 0 bridgehead atoms. The van der Waals surface area contributed by atoms with Crippen LogP contribution >= 0.6 is 0 Å². The number of hydrogen-bond donors (Lipinski definition) is 1. The molecule has 0 unspecified atom stereocenters. The number of carbonyl (C=O) groups excluding carboxylic acids is 1. The molecule has 0 amide bonds. The first kappa shape index (κ1) is 15.0. The third kappa shape index (κ3) is 3.36. The average Bonchev–Trinajstić information content (AvgIpc) is 2.57. The molecule has 0 spiro atoms. The molecule has 0 aromatic heterocycles. The lowest BCUT2D eigenvalue weighted by Gasteiger charge is -2.09. The van der Waals surface area contributed by atoms with Gasteiger partial charge in [-0.2, -0.15) is 10.5 Å². The number of nitriles is 2. The molecule has 5 heteroatoms. The number of carbonyl (C=O) groups is 1. The van der Waals surface area contributed by atoms with E-state index in [0.29, 0.717) is 11.3 Å². The van der Waals surface area contributed by atoms with Gasteiger partial charge in [-0.05, 0) is 18.2 Å². The van der Waals surface area contributed by atoms with Gasteiger partial charge in [0.15, 0.2) is 5.78 Å². The van der Waals surface area contributed by atoms with Crippen molar-refractivity contribution in [1.82, 2.24) is 0 Å². The second-order valence-electron chi connectivity index (χ2n) is 4.31. The van der Waals surface area contributed by atoms with Crippen molar-refractivity contribution in [3.05, 3.63) is 77.2 Å². The van der Waals surface area contributed by atoms with E-state index in [0.717, 1.165) is 6.07 Å². The first-order chi connectivity index (χ1) is 10.7. The molecule has 0 heterocycles. The first-order valence-corrected chi connectivity index (χ1v) is 6.32. The maximum absolute atomic E-state index is 13.5. The van der Waals surface area contributed by atoms with Crippen molar-refractivity contribution < 1.29 is 9.18 Å². The third-order valence-corrected chi connectivity index (χ3v) is 2.88. The number of ketones is 1. The summed E-state index contributed by atoms with van der Waals surface area (Å²) in [4.78, 5) is 12.4. The van der Waals surface area contributed by atoms with Crippen LogP contribution in [-0.4, -0.2) is 5.78 Å². The SMILES string of the molecule is N#CC(C#N)=CNc1ccc(F)cc1C(=O)c1ccccc1. The Hall–Kier alpha value is -3.44. The number of anilines is 1. The maximum Gasteiger partial charge on any atom is 0.195 e. The largest absolute Gasteiger partial charge is 0.359 e. The summed E-state index contributed by atoms with van der Waals surface area (Å²) in [6, 6.07) is 15.5. The average molecular weight is 291 g/mol. The van der Waals surface area contributed by atoms with Gasteiger partial charge in [-0.3, -0.25) is 4.79 Å². The summed E-state index contributed by atoms with van der Waals surface area (Å²) >= 11 is 0. The molecular weight excluding hydrogens is 281 g/mol. The van der Waals surface area contributed by atoms with E-state index in [2.05, 4.69) is 5.32 Å². The number of halogens is 1. The Morgan fingerprint density at radius 1 is 1.09 bits per heavy atom. The van der Waals surface area contributed by atoms with Gasteiger partial charge in [-0.1, -0.05) is 30.3 Å². The van der Waals surface area contributed by atoms with Crippen LogP contribution in [0.15, 0.2) is 60.3 Å². The minimum atomic E-state index is -0.547. The fourth-order valence-corrected chi connectivity index (χ4v) is 1.81. The van der Waals surface area contributed by atoms with Gasteiger partial charge in [0.25, 0.3) is 0 Å². The van der Waals surface area contributed by atoms with Crippen LogP contribution in [0.5, 0.6) is 0 Å². The standard InChI is InChI=1S/C17H10FN3O/c18-14-6-7-16(21-11-12(9-19)10-20)15(8-14)17(22)13-4-2-1-3-5-13/h1-8,11,21H. The van der Waals surface area contributed by atoms with E-state index in [1.54, 1.807) is 42.5 Å². The molecule has 0 aliphatic heterocycles. The number of hydrogen-bond acceptors (Lipinski definition) is 4. The van der Waals surface area contributed by atoms with Gasteiger partial charge in [0.05, 0.1) is 0 Å². The minimum absolute atomic E-state index is 0.123. The minimum Gasteiger partial charge on any atom is -0.359 e. The molecule has 0 aliphatic carbocycles. The quantitative estimate of drug-likeness (QED) is 0.692. The van der Waals surface area contributed by atoms with E-state index in [4.69, 9.17) is 10.5 Å². The van der Waals surface area contributed by atoms with Crippen molar-refractivity contribution >= 4 is 11.5 Å². The zero-order valence-corrected chi connectivity index (χ0v) is 11.4. The van der Waals surface area contributed by atoms with Crippen LogP contribution < -0.4 is 5.32 Å². The lowest BCUT2D eigenvalue weighted by molar-refractivity contribution is 0.103. The molecule has 2 rings (SSSR count). The van der Waals surface area contributed by atoms with Crippen LogP contribution in [0.3, 0.4) is 0 Å². The molecule has 0 saturated heterocycles. The summed E-state index contributed by atoms with van der Waals surface area (Å²) in [6.45, 7) is 0. The highest BCUT2D eigenvalue weighted by atomic mass is 19.1. The third-order valence-electron chi connectivity index (χ3n) is 2.88. The highest BCUT2D eigenvalue weighted by Gasteiger charge is 2.14. The second kappa shape index (κ2) is 6.83. The smallest absolute Gasteiger partial charge is 0.195 e. The Morgan fingerprint density at radius 2 is 1.77 bits per heavy atom. The lowest BCUT2D eigenvalue weighted by Crippen LogP contribution is -2.06. The molecule has 4 nitrogen and oxygen atoms in total. The summed E-state index contributed by atoms with van der Waals surface area (Å²) in [6.07, 6.45) is 1.18. The molecule has 0 aliphatic rings. The number of allylic oxidation sites excluding steroid dienone is 1. The fourth-order valence-electron chi connectivity index (χ4n) is 1.81. The van der Waals surface area contributed by atoms with Gasteiger partial charge < -0.3 is 5.32 Å². The predicted molar refractivity (Wildman–Crippen MR) is 79.2 cm³/mol. The molecular formula is C17H10FN3O. The monoisotopic (exact) mass is 291 g/mol. The predicted octanol–water partition coefficient (Wildman–Crippen LogP) is 3.40. The highest BCUT2D eigenvalue weighted by Crippen LogP contribution is 2.21. The first-order valence-electron chi connectivity index (χ1n) is 6.32. The summed E-state index contributed by atoms with van der Waals surface area (Å²) in [5, 5.41) is 20.1. The number of nitrogens with one attached hydrogen (secondary N) is 1. The topological polar surface area (TPSA) is 76.7 Å². The normalized spacial score (nSPS) is 9.23. The summed E-state index contributed by atoms with van der Waals surface area (Å²) in [5.41, 5.74) is 0.708. The zero-order valence-electron chi connectivity index (χ0n) is 11.4. The van der Waals surface area contributed by atoms with E-state index in [-0.39, 0.29) is 16.9 Å². The molecule has 22 heavy (non-hydrogen) atoms. The van der Waals surface area contributed by atoms with E-state index in [9.17, 15) is 9.18 Å². The van der Waals surface area contributed by atoms with Crippen molar-refractivity contribution in [2.45, 2.75) is 0 Å². The molecule has 2 aromatic carbocycles. The van der Waals surface area contributed by atoms with E-state index in [1.165, 1.54) is 18.3 Å². The van der Waals surface area contributed by atoms with Crippen molar-refractivity contribution in [3.63, 3.8) is 0 Å². The Labute approximate surface area is 126 Å². The number of rotatable bonds is 4. The van der Waals surface area contributed by atoms with Gasteiger partial charge in [-0.25, -0.2) is 4.39 Å². The maximum atomic E-state index is 13.5. The Kier molecular flexibility index (Phi) is 4.64. The molecule has 1 N–H and O–H groups in total. The van der Waals surface area contributed by atoms with Crippen LogP contribution in [0.1, 0.15) is 15.9 Å². The Balaban J connectivity index is 2.41. The number of nitrogens with zero attached hydrogens (tertiary/aromatic N) is 2. The summed E-state index contributed by atoms with van der Waals surface area (Å²) in [5.74, 6) is -0.902. The zero-order chi connectivity index (χ0) is 15.9. The van der Waals surface area contributed by atoms with Crippen molar-refractivity contribution in [2.24, 2.45) is 0 Å². The van der Waals surface area contributed by atoms with Crippen molar-refractivity contribution in [1.29, 1.82) is 10.5 Å². The van der Waals surface area contributed by atoms with E-state index in [1.807, 2.05) is 0 Å². The van der Waals surface area contributed by atoms with Crippen molar-refractivity contribution in [2.75, 3.05) is 5.32 Å². The molecule has 0 saturated carbocycles. The molecule has 2 aromatic rings. The van der Waals surface area contributed by atoms with Gasteiger partial charge >= 0.3 is 0 Å². The summed E-state index contributed by atoms with van der Waals surface area (Å²) in [7, 11) is 0. The van der Waals surface area contributed by atoms with Crippen LogP contribution in [0.25, 0.3) is 0 Å². The summed E-state index contributed by atoms with van der Waals surface area (Å²) < 4.78 is 13.5. The number of benzene rings is 2. The highest BCUT2D eigenvalue weighted by molar-refractivity contribution is 6.12. The fraction of sp³-hybridized carbons (Fsp3) is 0. The van der Waals surface area contributed by atoms with E-state index >= 15 is 0 Å². The van der Waals surface area contributed by atoms with Crippen molar-refractivity contribution in [3.8, 4) is 12.1 Å². The molecule has 0 atom stereocenters. The molecule has 0 radical (unpaired) electrons. The van der Waals surface area contributed by atoms with Crippen LogP contribution in [-0.2, 0) is 0 Å². The van der Waals surface area contributed by atoms with Gasteiger partial charge in [0.1, 0.15) is 23.5 Å². The van der Waals surface area contributed by atoms with Crippen LogP contribution in [0.4, 0.5) is 10.1 Å². The van der Waals surface area contributed by atoms with Gasteiger partial charge in [-0.15, -0.1) is 0 Å².